The minimum atomic E-state index is -0.331. The van der Waals surface area contributed by atoms with Gasteiger partial charge in [0, 0.05) is 17.6 Å². The van der Waals surface area contributed by atoms with Crippen molar-refractivity contribution in [2.45, 2.75) is 97.0 Å². The average Bonchev–Trinajstić information content (AvgIpc) is 2.61. The quantitative estimate of drug-likeness (QED) is 0.0942. The summed E-state index contributed by atoms with van der Waals surface area (Å²) in [7, 11) is 5.50. The molecule has 0 spiro atoms. The van der Waals surface area contributed by atoms with Gasteiger partial charge >= 0.3 is 5.97 Å². The SMILES string of the molecule is C=CC(=O)OC(C)CSSSCCCCCCCCCCCCCC. The molecule has 0 saturated heterocycles. The molecule has 0 rings (SSSR count). The molecule has 0 bridgehead atoms. The van der Waals surface area contributed by atoms with Crippen LogP contribution in [-0.4, -0.2) is 23.6 Å². The summed E-state index contributed by atoms with van der Waals surface area (Å²) < 4.78 is 5.12. The van der Waals surface area contributed by atoms with Gasteiger partial charge in [-0.2, -0.15) is 0 Å². The summed E-state index contributed by atoms with van der Waals surface area (Å²) in [5.74, 6) is 1.72. The van der Waals surface area contributed by atoms with Gasteiger partial charge in [0.25, 0.3) is 0 Å². The Kier molecular flexibility index (Phi) is 20.8. The van der Waals surface area contributed by atoms with Gasteiger partial charge in [-0.1, -0.05) is 106 Å². The number of hydrogen-bond donors (Lipinski definition) is 0. The molecular formula is C20H38O2S3. The van der Waals surface area contributed by atoms with E-state index in [4.69, 9.17) is 4.74 Å². The molecule has 0 amide bonds. The van der Waals surface area contributed by atoms with E-state index in [1.165, 1.54) is 88.9 Å². The van der Waals surface area contributed by atoms with Crippen LogP contribution in [-0.2, 0) is 9.53 Å². The number of unbranched alkanes of at least 4 members (excludes halogenated alkanes) is 11. The highest BCUT2D eigenvalue weighted by molar-refractivity contribution is 9.09. The molecule has 5 heteroatoms. The highest BCUT2D eigenvalue weighted by atomic mass is 33.5. The van der Waals surface area contributed by atoms with E-state index in [1.54, 1.807) is 10.8 Å². The molecule has 0 aliphatic heterocycles. The fourth-order valence-electron chi connectivity index (χ4n) is 2.47. The van der Waals surface area contributed by atoms with Crippen molar-refractivity contribution in [3.63, 3.8) is 0 Å². The van der Waals surface area contributed by atoms with Crippen LogP contribution in [0.5, 0.6) is 0 Å². The van der Waals surface area contributed by atoms with Crippen LogP contribution < -0.4 is 0 Å². The van der Waals surface area contributed by atoms with E-state index >= 15 is 0 Å². The summed E-state index contributed by atoms with van der Waals surface area (Å²) in [5, 5.41) is 0. The number of carbonyl (C=O) groups excluding carboxylic acids is 1. The molecule has 0 aliphatic rings. The largest absolute Gasteiger partial charge is 0.459 e. The van der Waals surface area contributed by atoms with Crippen molar-refractivity contribution >= 4 is 37.4 Å². The van der Waals surface area contributed by atoms with Gasteiger partial charge in [-0.15, -0.1) is 0 Å². The number of ether oxygens (including phenoxy) is 1. The Hall–Kier alpha value is 0.260. The van der Waals surface area contributed by atoms with Crippen molar-refractivity contribution in [2.24, 2.45) is 0 Å². The van der Waals surface area contributed by atoms with Crippen molar-refractivity contribution in [2.75, 3.05) is 11.5 Å². The van der Waals surface area contributed by atoms with E-state index in [1.807, 2.05) is 27.5 Å². The predicted molar refractivity (Wildman–Crippen MR) is 119 cm³/mol. The Labute approximate surface area is 167 Å². The van der Waals surface area contributed by atoms with E-state index in [9.17, 15) is 4.79 Å². The Balaban J connectivity index is 3.12. The van der Waals surface area contributed by atoms with E-state index < -0.39 is 0 Å². The lowest BCUT2D eigenvalue weighted by molar-refractivity contribution is -0.141. The second-order valence-corrected chi connectivity index (χ2v) is 10.9. The third-order valence-corrected chi connectivity index (χ3v) is 8.44. The molecule has 2 nitrogen and oxygen atoms in total. The molecule has 0 aromatic heterocycles. The van der Waals surface area contributed by atoms with Crippen molar-refractivity contribution in [1.29, 1.82) is 0 Å². The molecule has 25 heavy (non-hydrogen) atoms. The minimum absolute atomic E-state index is 0.0461. The fourth-order valence-corrected chi connectivity index (χ4v) is 6.48. The van der Waals surface area contributed by atoms with Gasteiger partial charge in [-0.3, -0.25) is 0 Å². The van der Waals surface area contributed by atoms with Crippen LogP contribution in [0.3, 0.4) is 0 Å². The molecule has 0 fully saturated rings. The third kappa shape index (κ3) is 20.4. The van der Waals surface area contributed by atoms with Crippen LogP contribution in [0, 0.1) is 0 Å². The summed E-state index contributed by atoms with van der Waals surface area (Å²) in [4.78, 5) is 11.0. The van der Waals surface area contributed by atoms with Crippen LogP contribution in [0.15, 0.2) is 12.7 Å². The van der Waals surface area contributed by atoms with Gasteiger partial charge in [0.15, 0.2) is 0 Å². The predicted octanol–water partition coefficient (Wildman–Crippen LogP) is 7.83. The number of hydrogen-bond acceptors (Lipinski definition) is 5. The van der Waals surface area contributed by atoms with Crippen LogP contribution in [0.25, 0.3) is 0 Å². The van der Waals surface area contributed by atoms with Gasteiger partial charge in [0.1, 0.15) is 6.10 Å². The molecule has 0 aromatic rings. The Morgan fingerprint density at radius 1 is 0.920 bits per heavy atom. The van der Waals surface area contributed by atoms with E-state index in [0.717, 1.165) is 5.75 Å². The van der Waals surface area contributed by atoms with E-state index in [2.05, 4.69) is 13.5 Å². The zero-order valence-corrected chi connectivity index (χ0v) is 18.8. The first-order valence-electron chi connectivity index (χ1n) is 9.94. The van der Waals surface area contributed by atoms with Crippen molar-refractivity contribution < 1.29 is 9.53 Å². The first kappa shape index (κ1) is 25.3. The molecule has 0 aromatic carbocycles. The first-order chi connectivity index (χ1) is 12.2. The molecule has 0 aliphatic carbocycles. The molecule has 1 atom stereocenters. The van der Waals surface area contributed by atoms with Crippen LogP contribution in [0.4, 0.5) is 0 Å². The van der Waals surface area contributed by atoms with Gasteiger partial charge in [0.2, 0.25) is 0 Å². The van der Waals surface area contributed by atoms with Crippen molar-refractivity contribution in [3.8, 4) is 0 Å². The molecular weight excluding hydrogens is 368 g/mol. The average molecular weight is 407 g/mol. The van der Waals surface area contributed by atoms with Crippen LogP contribution in [0.2, 0.25) is 0 Å². The molecule has 1 unspecified atom stereocenters. The molecule has 0 heterocycles. The van der Waals surface area contributed by atoms with Crippen molar-refractivity contribution in [1.82, 2.24) is 0 Å². The van der Waals surface area contributed by atoms with Gasteiger partial charge < -0.3 is 4.74 Å². The zero-order valence-electron chi connectivity index (χ0n) is 16.3. The summed E-state index contributed by atoms with van der Waals surface area (Å²) in [6.07, 6.45) is 18.0. The number of rotatable bonds is 19. The minimum Gasteiger partial charge on any atom is -0.459 e. The normalized spacial score (nSPS) is 12.1. The smallest absolute Gasteiger partial charge is 0.330 e. The summed E-state index contributed by atoms with van der Waals surface area (Å²) in [6.45, 7) is 7.60. The standard InChI is InChI=1S/C20H38O2S3/c1-4-6-7-8-9-10-11-12-13-14-15-16-17-23-25-24-18-19(3)22-20(21)5-2/h5,19H,2,4,6-18H2,1,3H3. The maximum Gasteiger partial charge on any atom is 0.330 e. The lowest BCUT2D eigenvalue weighted by Gasteiger charge is -2.10. The monoisotopic (exact) mass is 406 g/mol. The first-order valence-corrected chi connectivity index (χ1v) is 13.8. The Morgan fingerprint density at radius 3 is 1.96 bits per heavy atom. The number of carbonyl (C=O) groups is 1. The van der Waals surface area contributed by atoms with Gasteiger partial charge in [0.05, 0.1) is 0 Å². The lowest BCUT2D eigenvalue weighted by Crippen LogP contribution is -2.14. The highest BCUT2D eigenvalue weighted by Gasteiger charge is 2.06. The maximum absolute atomic E-state index is 11.0. The Morgan fingerprint density at radius 2 is 1.44 bits per heavy atom. The molecule has 0 N–H and O–H groups in total. The topological polar surface area (TPSA) is 26.3 Å². The zero-order chi connectivity index (χ0) is 18.6. The Bertz CT molecular complexity index is 311. The fraction of sp³-hybridized carbons (Fsp3) is 0.850. The van der Waals surface area contributed by atoms with Gasteiger partial charge in [-0.05, 0) is 23.2 Å². The summed E-state index contributed by atoms with van der Waals surface area (Å²) >= 11 is 0. The lowest BCUT2D eigenvalue weighted by atomic mass is 10.1. The van der Waals surface area contributed by atoms with Gasteiger partial charge in [-0.25, -0.2) is 4.79 Å². The second kappa shape index (κ2) is 20.6. The van der Waals surface area contributed by atoms with E-state index in [-0.39, 0.29) is 12.1 Å². The summed E-state index contributed by atoms with van der Waals surface area (Å²) in [6, 6.07) is 0. The van der Waals surface area contributed by atoms with Crippen molar-refractivity contribution in [3.05, 3.63) is 12.7 Å². The third-order valence-electron chi connectivity index (χ3n) is 3.96. The molecule has 148 valence electrons. The van der Waals surface area contributed by atoms with Crippen LogP contribution >= 0.6 is 31.4 Å². The summed E-state index contributed by atoms with van der Waals surface area (Å²) in [5.41, 5.74) is 0. The van der Waals surface area contributed by atoms with Crippen LogP contribution in [0.1, 0.15) is 90.9 Å². The highest BCUT2D eigenvalue weighted by Crippen LogP contribution is 2.35. The van der Waals surface area contributed by atoms with E-state index in [0.29, 0.717) is 0 Å². The number of esters is 1. The molecule has 0 saturated carbocycles. The maximum atomic E-state index is 11.0. The second-order valence-electron chi connectivity index (χ2n) is 6.52. The molecule has 0 radical (unpaired) electrons.